The molecule has 0 saturated carbocycles. The highest BCUT2D eigenvalue weighted by molar-refractivity contribution is 7.03. The molecule has 0 aromatic carbocycles. The largest absolute Gasteiger partial charge is 0.394 e. The molecule has 0 saturated heterocycles. The molecular weight excluding hydrogens is 224 g/mol. The molecule has 1 heterocycles. The lowest BCUT2D eigenvalue weighted by atomic mass is 9.97. The third kappa shape index (κ3) is 3.02. The zero-order valence-electron chi connectivity index (χ0n) is 9.91. The lowest BCUT2D eigenvalue weighted by Crippen LogP contribution is -2.48. The Kier molecular flexibility index (Phi) is 4.44. The molecule has 0 aliphatic rings. The van der Waals surface area contributed by atoms with Gasteiger partial charge in [-0.1, -0.05) is 13.3 Å². The van der Waals surface area contributed by atoms with E-state index in [-0.39, 0.29) is 12.5 Å². The van der Waals surface area contributed by atoms with Gasteiger partial charge in [-0.05, 0) is 31.8 Å². The Hall–Kier alpha value is -0.940. The van der Waals surface area contributed by atoms with Crippen LogP contribution >= 0.6 is 11.5 Å². The maximum atomic E-state index is 11.9. The first-order valence-corrected chi connectivity index (χ1v) is 6.20. The second-order valence-corrected chi connectivity index (χ2v) is 4.87. The summed E-state index contributed by atoms with van der Waals surface area (Å²) in [7, 11) is 0. The van der Waals surface area contributed by atoms with Gasteiger partial charge < -0.3 is 10.4 Å². The number of nitrogens with zero attached hydrogens (tertiary/aromatic N) is 1. The molecule has 1 unspecified atom stereocenters. The molecule has 0 spiro atoms. The summed E-state index contributed by atoms with van der Waals surface area (Å²) in [6.45, 7) is 5.63. The van der Waals surface area contributed by atoms with Gasteiger partial charge in [0, 0.05) is 5.38 Å². The predicted molar refractivity (Wildman–Crippen MR) is 64.7 cm³/mol. The molecule has 5 heteroatoms. The Labute approximate surface area is 99.9 Å². The molecule has 1 atom stereocenters. The zero-order chi connectivity index (χ0) is 12.2. The predicted octanol–water partition coefficient (Wildman–Crippen LogP) is 1.73. The molecule has 90 valence electrons. The van der Waals surface area contributed by atoms with Gasteiger partial charge in [0.2, 0.25) is 0 Å². The highest BCUT2D eigenvalue weighted by Crippen LogP contribution is 2.15. The second kappa shape index (κ2) is 5.41. The fraction of sp³-hybridized carbons (Fsp3) is 0.636. The van der Waals surface area contributed by atoms with Crippen LogP contribution in [0, 0.1) is 6.92 Å². The summed E-state index contributed by atoms with van der Waals surface area (Å²) in [4.78, 5) is 11.9. The number of aliphatic hydroxyl groups is 1. The van der Waals surface area contributed by atoms with Gasteiger partial charge in [0.05, 0.1) is 23.4 Å². The Morgan fingerprint density at radius 3 is 2.81 bits per heavy atom. The number of aromatic nitrogens is 1. The molecule has 1 rings (SSSR count). The van der Waals surface area contributed by atoms with Crippen LogP contribution in [0.2, 0.25) is 0 Å². The number of aliphatic hydroxyl groups excluding tert-OH is 1. The van der Waals surface area contributed by atoms with Gasteiger partial charge in [-0.2, -0.15) is 4.37 Å². The van der Waals surface area contributed by atoms with E-state index in [0.29, 0.717) is 5.56 Å². The Morgan fingerprint density at radius 2 is 2.38 bits per heavy atom. The average Bonchev–Trinajstić information content (AvgIpc) is 2.65. The first-order valence-electron chi connectivity index (χ1n) is 5.37. The Bertz CT molecular complexity index is 365. The summed E-state index contributed by atoms with van der Waals surface area (Å²) >= 11 is 1.27. The fourth-order valence-corrected chi connectivity index (χ4v) is 2.28. The van der Waals surface area contributed by atoms with Crippen LogP contribution in [-0.2, 0) is 0 Å². The van der Waals surface area contributed by atoms with Crippen molar-refractivity contribution in [2.75, 3.05) is 6.61 Å². The van der Waals surface area contributed by atoms with Crippen LogP contribution in [0.15, 0.2) is 5.38 Å². The minimum atomic E-state index is -0.541. The molecule has 1 aromatic rings. The van der Waals surface area contributed by atoms with Gasteiger partial charge in [0.25, 0.3) is 5.91 Å². The first kappa shape index (κ1) is 13.1. The van der Waals surface area contributed by atoms with Crippen LogP contribution in [0.4, 0.5) is 0 Å². The van der Waals surface area contributed by atoms with Crippen LogP contribution in [0.1, 0.15) is 42.7 Å². The maximum absolute atomic E-state index is 11.9. The number of rotatable bonds is 5. The number of hydrogen-bond acceptors (Lipinski definition) is 4. The number of carbonyl (C=O) groups excluding carboxylic acids is 1. The van der Waals surface area contributed by atoms with Crippen LogP contribution in [0.5, 0.6) is 0 Å². The molecule has 1 aromatic heterocycles. The molecule has 4 nitrogen and oxygen atoms in total. The van der Waals surface area contributed by atoms with Crippen molar-refractivity contribution in [3.8, 4) is 0 Å². The monoisotopic (exact) mass is 242 g/mol. The van der Waals surface area contributed by atoms with E-state index in [1.54, 1.807) is 5.38 Å². The Morgan fingerprint density at radius 1 is 1.69 bits per heavy atom. The van der Waals surface area contributed by atoms with Crippen molar-refractivity contribution in [3.05, 3.63) is 16.6 Å². The van der Waals surface area contributed by atoms with Gasteiger partial charge in [-0.3, -0.25) is 4.79 Å². The molecule has 0 aliphatic heterocycles. The van der Waals surface area contributed by atoms with Crippen molar-refractivity contribution in [3.63, 3.8) is 0 Å². The van der Waals surface area contributed by atoms with E-state index in [9.17, 15) is 9.90 Å². The lowest BCUT2D eigenvalue weighted by molar-refractivity contribution is 0.0840. The highest BCUT2D eigenvalue weighted by Gasteiger charge is 2.25. The molecule has 0 fully saturated rings. The summed E-state index contributed by atoms with van der Waals surface area (Å²) < 4.78 is 4.06. The molecular formula is C11H18N2O2S. The van der Waals surface area contributed by atoms with Gasteiger partial charge in [-0.25, -0.2) is 0 Å². The smallest absolute Gasteiger partial charge is 0.254 e. The summed E-state index contributed by atoms with van der Waals surface area (Å²) in [6.07, 6.45) is 1.67. The topological polar surface area (TPSA) is 62.2 Å². The van der Waals surface area contributed by atoms with E-state index >= 15 is 0 Å². The molecule has 0 radical (unpaired) electrons. The summed E-state index contributed by atoms with van der Waals surface area (Å²) in [5, 5.41) is 13.9. The van der Waals surface area contributed by atoms with Crippen molar-refractivity contribution in [1.29, 1.82) is 0 Å². The number of amides is 1. The highest BCUT2D eigenvalue weighted by atomic mass is 32.1. The van der Waals surface area contributed by atoms with E-state index < -0.39 is 5.54 Å². The van der Waals surface area contributed by atoms with E-state index in [1.807, 2.05) is 20.8 Å². The summed E-state index contributed by atoms with van der Waals surface area (Å²) in [5.74, 6) is -0.156. The third-order valence-corrected chi connectivity index (χ3v) is 3.28. The van der Waals surface area contributed by atoms with E-state index in [2.05, 4.69) is 9.69 Å². The number of aryl methyl sites for hydroxylation is 1. The maximum Gasteiger partial charge on any atom is 0.254 e. The number of hydrogen-bond donors (Lipinski definition) is 2. The minimum absolute atomic E-state index is 0.0524. The van der Waals surface area contributed by atoms with Crippen molar-refractivity contribution in [2.24, 2.45) is 0 Å². The van der Waals surface area contributed by atoms with Crippen molar-refractivity contribution in [1.82, 2.24) is 9.69 Å². The first-order chi connectivity index (χ1) is 7.52. The summed E-state index contributed by atoms with van der Waals surface area (Å²) in [5.41, 5.74) is 0.792. The molecule has 16 heavy (non-hydrogen) atoms. The third-order valence-electron chi connectivity index (χ3n) is 2.56. The second-order valence-electron chi connectivity index (χ2n) is 4.24. The standard InChI is InChI=1S/C11H18N2O2S/c1-4-5-11(3,7-14)12-10(15)9-6-16-13-8(9)2/h6,14H,4-5,7H2,1-3H3,(H,12,15). The fourth-order valence-electron chi connectivity index (χ4n) is 1.58. The van der Waals surface area contributed by atoms with Crippen LogP contribution in [0.25, 0.3) is 0 Å². The molecule has 2 N–H and O–H groups in total. The average molecular weight is 242 g/mol. The molecule has 0 bridgehead atoms. The van der Waals surface area contributed by atoms with Gasteiger partial charge in [0.15, 0.2) is 0 Å². The van der Waals surface area contributed by atoms with Crippen LogP contribution in [0.3, 0.4) is 0 Å². The van der Waals surface area contributed by atoms with Crippen LogP contribution in [-0.4, -0.2) is 27.5 Å². The quantitative estimate of drug-likeness (QED) is 0.826. The van der Waals surface area contributed by atoms with Crippen molar-refractivity contribution >= 4 is 17.4 Å². The van der Waals surface area contributed by atoms with E-state index in [1.165, 1.54) is 11.5 Å². The van der Waals surface area contributed by atoms with Crippen LogP contribution < -0.4 is 5.32 Å². The summed E-state index contributed by atoms with van der Waals surface area (Å²) in [6, 6.07) is 0. The lowest BCUT2D eigenvalue weighted by Gasteiger charge is -2.28. The Balaban J connectivity index is 2.73. The number of nitrogens with one attached hydrogen (secondary N) is 1. The van der Waals surface area contributed by atoms with Gasteiger partial charge in [0.1, 0.15) is 0 Å². The number of carbonyl (C=O) groups is 1. The van der Waals surface area contributed by atoms with E-state index in [4.69, 9.17) is 0 Å². The van der Waals surface area contributed by atoms with Crippen molar-refractivity contribution < 1.29 is 9.90 Å². The van der Waals surface area contributed by atoms with Crippen molar-refractivity contribution in [2.45, 2.75) is 39.2 Å². The molecule has 1 amide bonds. The van der Waals surface area contributed by atoms with E-state index in [0.717, 1.165) is 18.5 Å². The minimum Gasteiger partial charge on any atom is -0.394 e. The van der Waals surface area contributed by atoms with Gasteiger partial charge in [-0.15, -0.1) is 0 Å². The molecule has 0 aliphatic carbocycles. The SMILES string of the molecule is CCCC(C)(CO)NC(=O)c1csnc1C. The van der Waals surface area contributed by atoms with Gasteiger partial charge >= 0.3 is 0 Å². The normalized spacial score (nSPS) is 14.5. The zero-order valence-corrected chi connectivity index (χ0v) is 10.7.